The third kappa shape index (κ3) is 8.44. The summed E-state index contributed by atoms with van der Waals surface area (Å²) >= 11 is 0. The van der Waals surface area contributed by atoms with Crippen molar-refractivity contribution in [3.8, 4) is 11.8 Å². The number of aliphatic carboxylic acids is 1. The number of hydrogen-bond donors (Lipinski definition) is 3. The van der Waals surface area contributed by atoms with E-state index in [1.807, 2.05) is 13.0 Å². The van der Waals surface area contributed by atoms with Gasteiger partial charge in [-0.2, -0.15) is 0 Å². The van der Waals surface area contributed by atoms with Crippen LogP contribution in [-0.4, -0.2) is 92.0 Å². The van der Waals surface area contributed by atoms with Gasteiger partial charge in [0.15, 0.2) is 12.6 Å². The van der Waals surface area contributed by atoms with E-state index in [9.17, 15) is 24.6 Å². The molecule has 10 rings (SSSR count). The van der Waals surface area contributed by atoms with Gasteiger partial charge in [0, 0.05) is 49.9 Å². The number of aliphatic hydroxyl groups excluding tert-OH is 1. The Balaban J connectivity index is 0.809. The summed E-state index contributed by atoms with van der Waals surface area (Å²) in [6.45, 7) is 11.7. The van der Waals surface area contributed by atoms with Crippen LogP contribution < -0.4 is 10.6 Å². The molecule has 5 N–H and O–H groups in total. The molecule has 1 aromatic rings. The molecule has 7 fully saturated rings. The number of carboxylic acids is 1. The van der Waals surface area contributed by atoms with Crippen molar-refractivity contribution in [2.45, 2.75) is 173 Å². The summed E-state index contributed by atoms with van der Waals surface area (Å²) in [7, 11) is 2.16. The standard InChI is InChI=1S/C59H82N2O9/c1-6-23-59-25-22-47-44-16-12-38-29-41(62)15-17-43(38)54(44)45(33-58(47,59)34-70-59)37-10-13-40(14-11-37)61(5)27-28-67-42-21-24-56(3)39(30-42)31-50(68-35-69-53(66)8-7-26-60)55-48-19-18-46(36(2)9-20-52(64)65)57(48,4)51(63)32-49(55)56/h10-11,13-14,29,36,39,42,44-51,55,63H,7-9,12,15-22,24-28,30-35,60H2,1-5H3,(H,64,65)/p+1/t36-,39+,42+,44?,45-,46-,47?,48+,49+,50-,51+,55+,56+,57-,58-,59+/m1/s1. The second-order valence-corrected chi connectivity index (χ2v) is 24.3. The predicted octanol–water partition coefficient (Wildman–Crippen LogP) is 8.83. The van der Waals surface area contributed by atoms with Crippen LogP contribution in [0.5, 0.6) is 0 Å². The molecule has 1 spiro atoms. The molecule has 2 unspecified atom stereocenters. The lowest BCUT2D eigenvalue weighted by Crippen LogP contribution is -2.64. The second-order valence-electron chi connectivity index (χ2n) is 24.3. The van der Waals surface area contributed by atoms with E-state index in [0.717, 1.165) is 83.8 Å². The number of anilines is 1. The summed E-state index contributed by atoms with van der Waals surface area (Å²) in [5.74, 6) is 9.06. The molecule has 1 aliphatic heterocycles. The van der Waals surface area contributed by atoms with Crippen molar-refractivity contribution in [2.75, 3.05) is 45.0 Å². The first-order valence-corrected chi connectivity index (χ1v) is 27.6. The molecule has 0 bridgehead atoms. The summed E-state index contributed by atoms with van der Waals surface area (Å²) in [6.07, 6.45) is 16.7. The number of aliphatic hydroxyl groups is 1. The molecule has 382 valence electrons. The summed E-state index contributed by atoms with van der Waals surface area (Å²) in [4.78, 5) is 39.1. The number of carbonyl (C=O) groups is 3. The summed E-state index contributed by atoms with van der Waals surface area (Å²) in [6, 6.07) is 9.32. The zero-order valence-corrected chi connectivity index (χ0v) is 43.0. The van der Waals surface area contributed by atoms with Gasteiger partial charge >= 0.3 is 11.9 Å². The molecule has 1 heterocycles. The number of esters is 1. The average Bonchev–Trinajstić information content (AvgIpc) is 3.81. The van der Waals surface area contributed by atoms with Crippen LogP contribution in [0.1, 0.15) is 155 Å². The van der Waals surface area contributed by atoms with Crippen molar-refractivity contribution in [3.63, 3.8) is 0 Å². The fourth-order valence-corrected chi connectivity index (χ4v) is 17.8. The summed E-state index contributed by atoms with van der Waals surface area (Å²) in [5.41, 5.74) is 10.3. The Morgan fingerprint density at radius 1 is 0.971 bits per heavy atom. The molecular formula is C59H83N2O9+. The molecule has 0 aromatic heterocycles. The Labute approximate surface area is 417 Å². The fourth-order valence-electron chi connectivity index (χ4n) is 17.8. The van der Waals surface area contributed by atoms with Gasteiger partial charge in [0.05, 0.1) is 44.5 Å². The van der Waals surface area contributed by atoms with Crippen molar-refractivity contribution < 1.29 is 49.3 Å². The number of benzene rings is 1. The molecule has 0 radical (unpaired) electrons. The van der Waals surface area contributed by atoms with E-state index in [1.165, 1.54) is 28.8 Å². The molecule has 70 heavy (non-hydrogen) atoms. The van der Waals surface area contributed by atoms with Gasteiger partial charge in [-0.1, -0.05) is 44.4 Å². The molecule has 1 aromatic carbocycles. The zero-order chi connectivity index (χ0) is 49.2. The highest BCUT2D eigenvalue weighted by Gasteiger charge is 2.72. The number of hydrogen-bond acceptors (Lipinski definition) is 9. The maximum Gasteiger partial charge on any atom is 0.308 e. The number of likely N-dealkylation sites (N-methyl/N-ethyl adjacent to an activating group) is 1. The van der Waals surface area contributed by atoms with Gasteiger partial charge in [-0.15, -0.1) is 5.92 Å². The highest BCUT2D eigenvalue weighted by atomic mass is 16.7. The summed E-state index contributed by atoms with van der Waals surface area (Å²) in [5, 5.41) is 21.8. The first-order valence-electron chi connectivity index (χ1n) is 27.6. The highest BCUT2D eigenvalue weighted by molar-refractivity contribution is 5.93. The van der Waals surface area contributed by atoms with Crippen LogP contribution in [0.2, 0.25) is 0 Å². The molecule has 6 saturated carbocycles. The zero-order valence-electron chi connectivity index (χ0n) is 43.0. The lowest BCUT2D eigenvalue weighted by molar-refractivity contribution is -0.368. The Morgan fingerprint density at radius 2 is 1.79 bits per heavy atom. The van der Waals surface area contributed by atoms with E-state index >= 15 is 0 Å². The van der Waals surface area contributed by atoms with Crippen LogP contribution in [0.3, 0.4) is 0 Å². The topological polar surface area (TPSA) is 159 Å². The van der Waals surface area contributed by atoms with Crippen LogP contribution >= 0.6 is 0 Å². The van der Waals surface area contributed by atoms with Gasteiger partial charge in [0.2, 0.25) is 0 Å². The summed E-state index contributed by atoms with van der Waals surface area (Å²) < 4.78 is 25.7. The number of ketones is 1. The smallest absolute Gasteiger partial charge is 0.308 e. The Morgan fingerprint density at radius 3 is 2.53 bits per heavy atom. The van der Waals surface area contributed by atoms with Crippen LogP contribution in [0.15, 0.2) is 47.1 Å². The van der Waals surface area contributed by atoms with E-state index in [4.69, 9.17) is 18.9 Å². The van der Waals surface area contributed by atoms with E-state index in [2.05, 4.69) is 74.6 Å². The van der Waals surface area contributed by atoms with Crippen molar-refractivity contribution in [3.05, 3.63) is 52.6 Å². The molecular weight excluding hydrogens is 881 g/mol. The largest absolute Gasteiger partial charge is 0.481 e. The van der Waals surface area contributed by atoms with Crippen LogP contribution in [0.4, 0.5) is 5.69 Å². The lowest BCUT2D eigenvalue weighted by Gasteiger charge is -2.64. The van der Waals surface area contributed by atoms with Gasteiger partial charge in [0.1, 0.15) is 5.60 Å². The number of quaternary nitrogens is 1. The molecule has 1 saturated heterocycles. The van der Waals surface area contributed by atoms with Crippen LogP contribution in [-0.2, 0) is 33.3 Å². The number of rotatable bonds is 16. The Bertz CT molecular complexity index is 2280. The SMILES string of the molecule is CC#C[C@]12CCC3C4CCC5=CC(=O)CCC5=C4[C@@H](c4ccc(N(C)CCO[C@H]5CC[C@@]6(C)[C@@H](C5)C[C@@H](OCOC(=O)CCC[NH3+])[C@@H]5[C@@H]6C[C@H](O)[C@]6(C)[C@@H]([C@H](C)CCC(=O)O)CC[C@@H]56)cc4)C[C@@]31CO2. The molecule has 11 nitrogen and oxygen atoms in total. The number of carboxylic acid groups (broad SMARTS) is 1. The monoisotopic (exact) mass is 964 g/mol. The van der Waals surface area contributed by atoms with Crippen LogP contribution in [0.25, 0.3) is 0 Å². The predicted molar refractivity (Wildman–Crippen MR) is 267 cm³/mol. The fraction of sp³-hybridized carbons (Fsp3) is 0.746. The molecule has 8 aliphatic carbocycles. The Kier molecular flexibility index (Phi) is 14.1. The van der Waals surface area contributed by atoms with Crippen molar-refractivity contribution in [1.29, 1.82) is 0 Å². The van der Waals surface area contributed by atoms with Crippen molar-refractivity contribution in [2.24, 2.45) is 63.6 Å². The van der Waals surface area contributed by atoms with E-state index < -0.39 is 12.1 Å². The van der Waals surface area contributed by atoms with Gasteiger partial charge in [0.25, 0.3) is 0 Å². The van der Waals surface area contributed by atoms with E-state index in [0.29, 0.717) is 68.9 Å². The molecule has 9 aliphatic rings. The quantitative estimate of drug-likeness (QED) is 0.0831. The minimum absolute atomic E-state index is 0.0247. The van der Waals surface area contributed by atoms with E-state index in [-0.39, 0.29) is 88.6 Å². The van der Waals surface area contributed by atoms with E-state index in [1.54, 1.807) is 5.57 Å². The van der Waals surface area contributed by atoms with Gasteiger partial charge in [-0.3, -0.25) is 14.4 Å². The Hall–Kier alpha value is -3.53. The average molecular weight is 964 g/mol. The number of ether oxygens (including phenoxy) is 4. The normalized spacial score (nSPS) is 40.6. The van der Waals surface area contributed by atoms with Crippen molar-refractivity contribution in [1.82, 2.24) is 0 Å². The maximum atomic E-state index is 12.6. The van der Waals surface area contributed by atoms with Crippen LogP contribution in [0, 0.1) is 75.4 Å². The minimum atomic E-state index is -0.763. The number of nitrogens with zero attached hydrogens (tertiary/aromatic N) is 1. The minimum Gasteiger partial charge on any atom is -0.481 e. The number of fused-ring (bicyclic) bond motifs is 8. The number of carbonyl (C=O) groups excluding carboxylic acids is 2. The highest BCUT2D eigenvalue weighted by Crippen LogP contribution is 2.72. The molecule has 11 heteroatoms. The molecule has 16 atom stereocenters. The van der Waals surface area contributed by atoms with Crippen molar-refractivity contribution >= 4 is 23.4 Å². The van der Waals surface area contributed by atoms with Gasteiger partial charge < -0.3 is 39.8 Å². The first kappa shape index (κ1) is 50.0. The third-order valence-corrected chi connectivity index (χ3v) is 21.4. The van der Waals surface area contributed by atoms with Gasteiger partial charge in [-0.25, -0.2) is 0 Å². The lowest BCUT2D eigenvalue weighted by atomic mass is 9.43. The third-order valence-electron chi connectivity index (χ3n) is 21.4. The number of allylic oxidation sites excluding steroid dienone is 4. The maximum absolute atomic E-state index is 12.6. The first-order chi connectivity index (χ1) is 33.7. The second kappa shape index (κ2) is 19.7. The molecule has 0 amide bonds. The van der Waals surface area contributed by atoms with Gasteiger partial charge in [-0.05, 0) is 190 Å².